The summed E-state index contributed by atoms with van der Waals surface area (Å²) in [6, 6.07) is 15.9. The lowest BCUT2D eigenvalue weighted by Gasteiger charge is -2.26. The second-order valence-corrected chi connectivity index (χ2v) is 16.0. The first-order valence-corrected chi connectivity index (χ1v) is 17.1. The van der Waals surface area contributed by atoms with Crippen LogP contribution in [0.4, 0.5) is 15.0 Å². The van der Waals surface area contributed by atoms with Gasteiger partial charge in [-0.25, -0.2) is 32.1 Å². The number of hydrogen-bond donors (Lipinski definition) is 1. The van der Waals surface area contributed by atoms with E-state index in [1.165, 1.54) is 25.1 Å². The van der Waals surface area contributed by atoms with Crippen LogP contribution in [0.2, 0.25) is 0 Å². The zero-order chi connectivity index (χ0) is 37.4. The SMILES string of the molecule is CC(=O)OC(C)(C)C.CC(=O)ON(C(=O)OC(C)(C)C)c1cccc(C(Cc2ccc(C(C)(C)C)cc2)NS(=O)(=O)c2ccc(F)cc2)n1. The summed E-state index contributed by atoms with van der Waals surface area (Å²) >= 11 is 0. The number of nitrogens with one attached hydrogen (secondary N) is 1. The van der Waals surface area contributed by atoms with Crippen molar-refractivity contribution in [1.29, 1.82) is 0 Å². The summed E-state index contributed by atoms with van der Waals surface area (Å²) in [4.78, 5) is 44.4. The van der Waals surface area contributed by atoms with Gasteiger partial charge in [0.25, 0.3) is 0 Å². The lowest BCUT2D eigenvalue weighted by Crippen LogP contribution is -2.39. The minimum absolute atomic E-state index is 0.0696. The fraction of sp³-hybridized carbons (Fsp3) is 0.444. The van der Waals surface area contributed by atoms with Gasteiger partial charge in [-0.1, -0.05) is 56.2 Å². The van der Waals surface area contributed by atoms with Gasteiger partial charge < -0.3 is 14.3 Å². The number of ether oxygens (including phenoxy) is 2. The van der Waals surface area contributed by atoms with Crippen molar-refractivity contribution in [3.63, 3.8) is 0 Å². The molecule has 0 aliphatic heterocycles. The van der Waals surface area contributed by atoms with Crippen LogP contribution >= 0.6 is 0 Å². The van der Waals surface area contributed by atoms with Crippen LogP contribution in [0.1, 0.15) is 99.0 Å². The quantitative estimate of drug-likeness (QED) is 0.198. The van der Waals surface area contributed by atoms with Gasteiger partial charge in [-0.05, 0) is 101 Å². The lowest BCUT2D eigenvalue weighted by molar-refractivity contribution is -0.152. The van der Waals surface area contributed by atoms with Gasteiger partial charge in [0.15, 0.2) is 5.82 Å². The Balaban J connectivity index is 0.000000924. The van der Waals surface area contributed by atoms with Crippen molar-refractivity contribution in [1.82, 2.24) is 9.71 Å². The van der Waals surface area contributed by atoms with E-state index >= 15 is 0 Å². The molecular formula is C36H48FN3O8S. The molecule has 1 aromatic heterocycles. The average Bonchev–Trinajstić information content (AvgIpc) is 2.93. The molecule has 268 valence electrons. The molecule has 2 aromatic carbocycles. The van der Waals surface area contributed by atoms with E-state index in [0.29, 0.717) is 5.06 Å². The summed E-state index contributed by atoms with van der Waals surface area (Å²) in [5, 5.41) is 0.626. The number of anilines is 1. The summed E-state index contributed by atoms with van der Waals surface area (Å²) in [7, 11) is -4.12. The van der Waals surface area contributed by atoms with Crippen LogP contribution in [0.25, 0.3) is 0 Å². The molecule has 3 rings (SSSR count). The van der Waals surface area contributed by atoms with Crippen LogP contribution in [-0.4, -0.2) is 42.6 Å². The third kappa shape index (κ3) is 14.3. The predicted octanol–water partition coefficient (Wildman–Crippen LogP) is 7.35. The third-order valence-corrected chi connectivity index (χ3v) is 7.72. The molecular weight excluding hydrogens is 653 g/mol. The number of rotatable bonds is 7. The zero-order valence-corrected chi connectivity index (χ0v) is 30.9. The molecule has 0 radical (unpaired) electrons. The van der Waals surface area contributed by atoms with E-state index in [-0.39, 0.29) is 39.8 Å². The van der Waals surface area contributed by atoms with E-state index in [0.717, 1.165) is 30.2 Å². The number of esters is 1. The van der Waals surface area contributed by atoms with E-state index in [1.54, 1.807) is 32.9 Å². The second-order valence-electron chi connectivity index (χ2n) is 14.3. The Kier molecular flexibility index (Phi) is 13.6. The van der Waals surface area contributed by atoms with Crippen LogP contribution in [0.5, 0.6) is 0 Å². The molecule has 0 saturated heterocycles. The van der Waals surface area contributed by atoms with Crippen molar-refractivity contribution < 1.29 is 41.5 Å². The summed E-state index contributed by atoms with van der Waals surface area (Å²) in [5.74, 6) is -1.66. The number of aromatic nitrogens is 1. The van der Waals surface area contributed by atoms with E-state index in [9.17, 15) is 27.2 Å². The van der Waals surface area contributed by atoms with E-state index in [1.807, 2.05) is 45.0 Å². The minimum atomic E-state index is -4.12. The van der Waals surface area contributed by atoms with Crippen LogP contribution in [-0.2, 0) is 45.8 Å². The van der Waals surface area contributed by atoms with Crippen LogP contribution < -0.4 is 9.79 Å². The fourth-order valence-electron chi connectivity index (χ4n) is 4.24. The number of amides is 1. The molecule has 0 spiro atoms. The van der Waals surface area contributed by atoms with E-state index in [4.69, 9.17) is 14.3 Å². The first-order chi connectivity index (χ1) is 22.4. The molecule has 1 unspecified atom stereocenters. The number of hydrogen-bond acceptors (Lipinski definition) is 9. The highest BCUT2D eigenvalue weighted by Gasteiger charge is 2.29. The molecule has 0 saturated carbocycles. The number of hydroxylamine groups is 1. The number of nitrogens with zero attached hydrogens (tertiary/aromatic N) is 2. The Hall–Kier alpha value is -4.36. The first kappa shape index (κ1) is 40.8. The van der Waals surface area contributed by atoms with Crippen molar-refractivity contribution in [3.05, 3.63) is 89.4 Å². The van der Waals surface area contributed by atoms with E-state index < -0.39 is 39.5 Å². The molecule has 0 fully saturated rings. The molecule has 0 bridgehead atoms. The number of carbonyl (C=O) groups excluding carboxylic acids is 3. The molecule has 0 aliphatic rings. The smallest absolute Gasteiger partial charge is 0.450 e. The molecule has 1 N–H and O–H groups in total. The van der Waals surface area contributed by atoms with Crippen LogP contribution in [0.3, 0.4) is 0 Å². The van der Waals surface area contributed by atoms with Gasteiger partial charge in [0.05, 0.1) is 16.6 Å². The molecule has 1 heterocycles. The van der Waals surface area contributed by atoms with Crippen LogP contribution in [0.15, 0.2) is 71.6 Å². The largest absolute Gasteiger partial charge is 0.460 e. The van der Waals surface area contributed by atoms with Crippen LogP contribution in [0, 0.1) is 5.82 Å². The van der Waals surface area contributed by atoms with Crippen molar-refractivity contribution >= 4 is 33.9 Å². The van der Waals surface area contributed by atoms with Gasteiger partial charge in [0.1, 0.15) is 17.0 Å². The Morgan fingerprint density at radius 3 is 1.80 bits per heavy atom. The fourth-order valence-corrected chi connectivity index (χ4v) is 5.45. The highest BCUT2D eigenvalue weighted by atomic mass is 32.2. The molecule has 0 aliphatic carbocycles. The number of sulfonamides is 1. The molecule has 3 aromatic rings. The second kappa shape index (κ2) is 16.4. The zero-order valence-electron chi connectivity index (χ0n) is 30.1. The van der Waals surface area contributed by atoms with Crippen molar-refractivity contribution in [2.45, 2.75) is 110 Å². The standard InChI is InChI=1S/C30H36FN3O6S.C6H12O2/c1-20(35)40-34(28(36)39-30(5,6)7)27-10-8-9-25(32-27)26(19-21-11-13-22(14-12-21)29(2,3)4)33-41(37,38)24-17-15-23(31)16-18-24;1-5(7)8-6(2,3)4/h8-18,26,33H,19H2,1-7H3;1-4H3. The summed E-state index contributed by atoms with van der Waals surface area (Å²) in [5.41, 5.74) is 0.889. The highest BCUT2D eigenvalue weighted by molar-refractivity contribution is 7.89. The summed E-state index contributed by atoms with van der Waals surface area (Å²) in [6.45, 7) is 19.3. The highest BCUT2D eigenvalue weighted by Crippen LogP contribution is 2.27. The molecule has 13 heteroatoms. The van der Waals surface area contributed by atoms with Gasteiger partial charge in [-0.2, -0.15) is 0 Å². The topological polar surface area (TPSA) is 141 Å². The summed E-state index contributed by atoms with van der Waals surface area (Å²) in [6.07, 6.45) is -0.778. The number of benzene rings is 2. The van der Waals surface area contributed by atoms with Gasteiger partial charge in [-0.15, -0.1) is 0 Å². The number of pyridine rings is 1. The van der Waals surface area contributed by atoms with Crippen molar-refractivity contribution in [2.75, 3.05) is 5.06 Å². The Bertz CT molecular complexity index is 1690. The Morgan fingerprint density at radius 1 is 0.796 bits per heavy atom. The average molecular weight is 702 g/mol. The minimum Gasteiger partial charge on any atom is -0.460 e. The molecule has 1 amide bonds. The maximum Gasteiger partial charge on any atom is 0.450 e. The first-order valence-electron chi connectivity index (χ1n) is 15.6. The number of halogens is 1. The Morgan fingerprint density at radius 2 is 1.35 bits per heavy atom. The van der Waals surface area contributed by atoms with Gasteiger partial charge in [0.2, 0.25) is 10.0 Å². The third-order valence-electron chi connectivity index (χ3n) is 6.23. The van der Waals surface area contributed by atoms with Gasteiger partial charge >= 0.3 is 18.0 Å². The normalized spacial score (nSPS) is 12.6. The number of carbonyl (C=O) groups is 3. The van der Waals surface area contributed by atoms with Crippen molar-refractivity contribution in [2.24, 2.45) is 0 Å². The molecule has 49 heavy (non-hydrogen) atoms. The van der Waals surface area contributed by atoms with Gasteiger partial charge in [-0.3, -0.25) is 4.79 Å². The molecule has 11 nitrogen and oxygen atoms in total. The summed E-state index contributed by atoms with van der Waals surface area (Å²) < 4.78 is 52.9. The van der Waals surface area contributed by atoms with Gasteiger partial charge in [0, 0.05) is 13.8 Å². The Labute approximate surface area is 289 Å². The monoisotopic (exact) mass is 701 g/mol. The molecule has 1 atom stereocenters. The predicted molar refractivity (Wildman–Crippen MR) is 185 cm³/mol. The van der Waals surface area contributed by atoms with E-state index in [2.05, 4.69) is 30.5 Å². The maximum atomic E-state index is 13.5. The van der Waals surface area contributed by atoms with Crippen molar-refractivity contribution in [3.8, 4) is 0 Å². The maximum absolute atomic E-state index is 13.5. The lowest BCUT2D eigenvalue weighted by atomic mass is 9.86.